The Morgan fingerprint density at radius 1 is 1.19 bits per heavy atom. The van der Waals surface area contributed by atoms with Gasteiger partial charge in [0.2, 0.25) is 0 Å². The van der Waals surface area contributed by atoms with Crippen LogP contribution in [0.3, 0.4) is 0 Å². The molecule has 0 radical (unpaired) electrons. The molecule has 1 unspecified atom stereocenters. The fourth-order valence-electron chi connectivity index (χ4n) is 3.03. The molecule has 4 heterocycles. The Hall–Kier alpha value is -2.84. The van der Waals surface area contributed by atoms with E-state index in [4.69, 9.17) is 0 Å². The van der Waals surface area contributed by atoms with Crippen LogP contribution in [0, 0.1) is 0 Å². The van der Waals surface area contributed by atoms with Crippen LogP contribution in [0.15, 0.2) is 48.1 Å². The fourth-order valence-corrected chi connectivity index (χ4v) is 3.64. The molecule has 0 bridgehead atoms. The van der Waals surface area contributed by atoms with Gasteiger partial charge in [0.1, 0.15) is 28.6 Å². The van der Waals surface area contributed by atoms with Crippen LogP contribution in [0.2, 0.25) is 0 Å². The summed E-state index contributed by atoms with van der Waals surface area (Å²) in [5.41, 5.74) is 1.86. The molecule has 1 N–H and O–H groups in total. The summed E-state index contributed by atoms with van der Waals surface area (Å²) >= 11 is 1.56. The number of hydrogen-bond donors (Lipinski definition) is 1. The summed E-state index contributed by atoms with van der Waals surface area (Å²) in [5.74, 6) is 1.45. The molecule has 3 aromatic heterocycles. The van der Waals surface area contributed by atoms with E-state index in [9.17, 15) is 4.79 Å². The fraction of sp³-hybridized carbons (Fsp3) is 0.263. The summed E-state index contributed by atoms with van der Waals surface area (Å²) in [6, 6.07) is 9.67. The number of piperazine rings is 1. The minimum Gasteiger partial charge on any atom is -0.367 e. The molecule has 1 fully saturated rings. The normalized spacial score (nSPS) is 17.7. The van der Waals surface area contributed by atoms with Crippen molar-refractivity contribution in [2.45, 2.75) is 6.04 Å². The highest BCUT2D eigenvalue weighted by Gasteiger charge is 2.24. The monoisotopic (exact) mass is 380 g/mol. The van der Waals surface area contributed by atoms with Gasteiger partial charge in [-0.05, 0) is 31.3 Å². The van der Waals surface area contributed by atoms with E-state index in [1.807, 2.05) is 49.0 Å². The van der Waals surface area contributed by atoms with Crippen molar-refractivity contribution in [1.29, 1.82) is 0 Å². The zero-order valence-electron chi connectivity index (χ0n) is 14.9. The predicted octanol–water partition coefficient (Wildman–Crippen LogP) is 2.66. The number of aldehydes is 1. The van der Waals surface area contributed by atoms with Gasteiger partial charge in [0.05, 0.1) is 17.9 Å². The molecule has 7 nitrogen and oxygen atoms in total. The molecule has 27 heavy (non-hydrogen) atoms. The molecule has 138 valence electrons. The number of hydrogen-bond acceptors (Lipinski definition) is 8. The summed E-state index contributed by atoms with van der Waals surface area (Å²) in [5, 5.41) is 6.06. The Bertz CT molecular complexity index is 899. The van der Waals surface area contributed by atoms with Crippen LogP contribution in [0.1, 0.15) is 0 Å². The van der Waals surface area contributed by atoms with E-state index in [0.717, 1.165) is 47.4 Å². The molecule has 0 aromatic carbocycles. The molecule has 0 saturated carbocycles. The first kappa shape index (κ1) is 17.6. The number of nitrogens with one attached hydrogen (secondary N) is 1. The maximum atomic E-state index is 11.2. The SMILES string of the molecule is CN1CCN(c2ccc(Nc3cccc(-c4nccs4)n3)nc2)CC1C=O. The van der Waals surface area contributed by atoms with Crippen molar-refractivity contribution in [3.63, 3.8) is 0 Å². The van der Waals surface area contributed by atoms with Crippen LogP contribution >= 0.6 is 11.3 Å². The average Bonchev–Trinajstić information content (AvgIpc) is 3.24. The summed E-state index contributed by atoms with van der Waals surface area (Å²) in [6.45, 7) is 2.43. The van der Waals surface area contributed by atoms with Crippen LogP contribution in [0.25, 0.3) is 10.7 Å². The summed E-state index contributed by atoms with van der Waals surface area (Å²) in [6.07, 6.45) is 4.62. The van der Waals surface area contributed by atoms with Crippen LogP contribution in [0.5, 0.6) is 0 Å². The number of rotatable bonds is 5. The van der Waals surface area contributed by atoms with Gasteiger partial charge in [0.15, 0.2) is 0 Å². The first-order valence-electron chi connectivity index (χ1n) is 8.73. The first-order chi connectivity index (χ1) is 13.2. The van der Waals surface area contributed by atoms with E-state index in [0.29, 0.717) is 6.54 Å². The van der Waals surface area contributed by atoms with Gasteiger partial charge in [-0.2, -0.15) is 0 Å². The Balaban J connectivity index is 1.45. The highest BCUT2D eigenvalue weighted by atomic mass is 32.1. The summed E-state index contributed by atoms with van der Waals surface area (Å²) < 4.78 is 0. The molecule has 3 aromatic rings. The molecule has 4 rings (SSSR count). The summed E-state index contributed by atoms with van der Waals surface area (Å²) in [7, 11) is 1.98. The van der Waals surface area contributed by atoms with E-state index >= 15 is 0 Å². The lowest BCUT2D eigenvalue weighted by atomic mass is 10.2. The van der Waals surface area contributed by atoms with E-state index in [1.54, 1.807) is 17.5 Å². The predicted molar refractivity (Wildman–Crippen MR) is 108 cm³/mol. The molecule has 1 atom stereocenters. The quantitative estimate of drug-likeness (QED) is 0.682. The lowest BCUT2D eigenvalue weighted by molar-refractivity contribution is -0.112. The second kappa shape index (κ2) is 7.81. The molecule has 1 aliphatic rings. The van der Waals surface area contributed by atoms with Gasteiger partial charge in [-0.1, -0.05) is 6.07 Å². The van der Waals surface area contributed by atoms with Gasteiger partial charge in [-0.3, -0.25) is 4.90 Å². The third-order valence-corrected chi connectivity index (χ3v) is 5.42. The van der Waals surface area contributed by atoms with Gasteiger partial charge in [0, 0.05) is 31.2 Å². The molecule has 0 aliphatic carbocycles. The Kier molecular flexibility index (Phi) is 5.08. The van der Waals surface area contributed by atoms with E-state index < -0.39 is 0 Å². The molecule has 8 heteroatoms. The highest BCUT2D eigenvalue weighted by molar-refractivity contribution is 7.13. The second-order valence-electron chi connectivity index (χ2n) is 6.40. The van der Waals surface area contributed by atoms with E-state index in [-0.39, 0.29) is 6.04 Å². The lowest BCUT2D eigenvalue weighted by Crippen LogP contribution is -2.52. The van der Waals surface area contributed by atoms with Crippen molar-refractivity contribution in [1.82, 2.24) is 19.9 Å². The first-order valence-corrected chi connectivity index (χ1v) is 9.61. The smallest absolute Gasteiger partial charge is 0.141 e. The number of nitrogens with zero attached hydrogens (tertiary/aromatic N) is 5. The standard InChI is InChI=1S/C19H20N6OS/c1-24-8-9-25(12-15(24)13-26)14-5-6-17(21-11-14)23-18-4-2-3-16(22-18)19-20-7-10-27-19/h2-7,10-11,13,15H,8-9,12H2,1H3,(H,21,22,23). The molecule has 0 amide bonds. The number of anilines is 3. The van der Waals surface area contributed by atoms with Crippen LogP contribution in [0.4, 0.5) is 17.3 Å². The van der Waals surface area contributed by atoms with E-state index in [1.165, 1.54) is 0 Å². The minimum atomic E-state index is -0.0747. The van der Waals surface area contributed by atoms with Gasteiger partial charge in [-0.15, -0.1) is 11.3 Å². The average molecular weight is 380 g/mol. The zero-order chi connectivity index (χ0) is 18.6. The second-order valence-corrected chi connectivity index (χ2v) is 7.30. The van der Waals surface area contributed by atoms with Crippen molar-refractivity contribution < 1.29 is 4.79 Å². The molecule has 1 saturated heterocycles. The molecule has 1 aliphatic heterocycles. The number of likely N-dealkylation sites (N-methyl/N-ethyl adjacent to an activating group) is 1. The van der Waals surface area contributed by atoms with Crippen LogP contribution < -0.4 is 10.2 Å². The van der Waals surface area contributed by atoms with Crippen molar-refractivity contribution >= 4 is 34.9 Å². The maximum Gasteiger partial charge on any atom is 0.141 e. The van der Waals surface area contributed by atoms with Gasteiger partial charge in [-0.25, -0.2) is 15.0 Å². The number of pyridine rings is 2. The molecular formula is C19H20N6OS. The zero-order valence-corrected chi connectivity index (χ0v) is 15.8. The van der Waals surface area contributed by atoms with E-state index in [2.05, 4.69) is 30.1 Å². The minimum absolute atomic E-state index is 0.0747. The topological polar surface area (TPSA) is 74.2 Å². The van der Waals surface area contributed by atoms with Crippen molar-refractivity contribution in [3.8, 4) is 10.7 Å². The number of carbonyl (C=O) groups excluding carboxylic acids is 1. The van der Waals surface area contributed by atoms with Crippen molar-refractivity contribution in [3.05, 3.63) is 48.1 Å². The molecular weight excluding hydrogens is 360 g/mol. The Morgan fingerprint density at radius 3 is 2.85 bits per heavy atom. The number of aromatic nitrogens is 3. The third kappa shape index (κ3) is 3.96. The van der Waals surface area contributed by atoms with Gasteiger partial charge >= 0.3 is 0 Å². The lowest BCUT2D eigenvalue weighted by Gasteiger charge is -2.37. The summed E-state index contributed by atoms with van der Waals surface area (Å²) in [4.78, 5) is 28.9. The maximum absolute atomic E-state index is 11.2. The number of thiazole rings is 1. The Morgan fingerprint density at radius 2 is 2.11 bits per heavy atom. The van der Waals surface area contributed by atoms with Gasteiger partial charge < -0.3 is 15.0 Å². The highest BCUT2D eigenvalue weighted by Crippen LogP contribution is 2.23. The van der Waals surface area contributed by atoms with Gasteiger partial charge in [0.25, 0.3) is 0 Å². The van der Waals surface area contributed by atoms with Crippen LogP contribution in [-0.4, -0.2) is 58.9 Å². The Labute approximate surface area is 161 Å². The van der Waals surface area contributed by atoms with Crippen LogP contribution in [-0.2, 0) is 4.79 Å². The number of carbonyl (C=O) groups is 1. The largest absolute Gasteiger partial charge is 0.367 e. The third-order valence-electron chi connectivity index (χ3n) is 4.62. The van der Waals surface area contributed by atoms with Crippen molar-refractivity contribution in [2.24, 2.45) is 0 Å². The molecule has 0 spiro atoms. The van der Waals surface area contributed by atoms with Crippen molar-refractivity contribution in [2.75, 3.05) is 36.9 Å².